The Balaban J connectivity index is 1.72. The van der Waals surface area contributed by atoms with Crippen LogP contribution in [0.15, 0.2) is 65.1 Å². The number of urea groups is 1. The van der Waals surface area contributed by atoms with Crippen LogP contribution in [-0.2, 0) is 19.7 Å². The van der Waals surface area contributed by atoms with Crippen LogP contribution in [0.3, 0.4) is 0 Å². The lowest BCUT2D eigenvalue weighted by Gasteiger charge is -2.27. The maximum absolute atomic E-state index is 13.2. The van der Waals surface area contributed by atoms with Gasteiger partial charge in [-0.05, 0) is 72.7 Å². The molecule has 0 radical (unpaired) electrons. The van der Waals surface area contributed by atoms with Crippen molar-refractivity contribution in [2.75, 3.05) is 12.0 Å². The number of ether oxygens (including phenoxy) is 1. The Kier molecular flexibility index (Phi) is 7.70. The molecule has 0 aromatic heterocycles. The summed E-state index contributed by atoms with van der Waals surface area (Å²) in [5.74, 6) is -2.23. The van der Waals surface area contributed by atoms with Gasteiger partial charge in [0.05, 0.1) is 17.8 Å². The summed E-state index contributed by atoms with van der Waals surface area (Å²) in [5, 5.41) is 2.56. The number of methoxy groups -OCH3 is 1. The van der Waals surface area contributed by atoms with E-state index in [0.29, 0.717) is 10.6 Å². The molecular formula is C25H17Cl3N2O7S. The Hall–Kier alpha value is -3.57. The second-order valence-corrected chi connectivity index (χ2v) is 10.7. The highest BCUT2D eigenvalue weighted by molar-refractivity contribution is 7.87. The zero-order valence-corrected chi connectivity index (χ0v) is 22.7. The molecule has 3 aromatic rings. The van der Waals surface area contributed by atoms with E-state index in [1.165, 1.54) is 55.7 Å². The van der Waals surface area contributed by atoms with E-state index in [1.54, 1.807) is 19.1 Å². The molecule has 13 heteroatoms. The van der Waals surface area contributed by atoms with Crippen molar-refractivity contribution in [3.63, 3.8) is 0 Å². The minimum absolute atomic E-state index is 0.0934. The van der Waals surface area contributed by atoms with Crippen molar-refractivity contribution in [3.05, 3.63) is 86.4 Å². The van der Waals surface area contributed by atoms with Gasteiger partial charge in [-0.3, -0.25) is 14.9 Å². The van der Waals surface area contributed by atoms with Crippen LogP contribution in [-0.4, -0.2) is 33.4 Å². The highest BCUT2D eigenvalue weighted by atomic mass is 35.5. The molecule has 1 fully saturated rings. The molecule has 3 aromatic carbocycles. The first-order valence-corrected chi connectivity index (χ1v) is 13.2. The number of amides is 4. The number of nitrogens with one attached hydrogen (secondary N) is 1. The largest absolute Gasteiger partial charge is 0.493 e. The number of carbonyl (C=O) groups is 3. The molecule has 4 amide bonds. The summed E-state index contributed by atoms with van der Waals surface area (Å²) < 4.78 is 36.0. The van der Waals surface area contributed by atoms with Crippen molar-refractivity contribution in [2.24, 2.45) is 0 Å². The van der Waals surface area contributed by atoms with Crippen LogP contribution in [0.5, 0.6) is 11.5 Å². The Labute approximate surface area is 232 Å². The number of hydrogen-bond acceptors (Lipinski definition) is 7. The number of benzene rings is 3. The molecule has 1 N–H and O–H groups in total. The first kappa shape index (κ1) is 27.5. The number of imide groups is 2. The van der Waals surface area contributed by atoms with Crippen LogP contribution < -0.4 is 19.1 Å². The minimum Gasteiger partial charge on any atom is -0.493 e. The van der Waals surface area contributed by atoms with Crippen molar-refractivity contribution in [2.45, 2.75) is 11.8 Å². The van der Waals surface area contributed by atoms with Gasteiger partial charge in [0.2, 0.25) is 5.75 Å². The summed E-state index contributed by atoms with van der Waals surface area (Å²) in [5.41, 5.74) is 0.577. The fourth-order valence-corrected chi connectivity index (χ4v) is 5.08. The van der Waals surface area contributed by atoms with E-state index in [1.807, 2.05) is 0 Å². The number of aryl methyl sites for hydroxylation is 1. The maximum Gasteiger partial charge on any atom is 0.339 e. The van der Waals surface area contributed by atoms with Crippen molar-refractivity contribution in [3.8, 4) is 11.5 Å². The standard InChI is InChI=1S/C25H17Cl3N2O7S/c1-13-3-4-16(27)12-20(13)30-24(32)18(23(31)29-25(30)33)9-14-10-19(28)22(21(11-14)36-2)37-38(34,35)17-7-5-15(26)6-8-17/h3-12H,1-2H3,(H,29,31,33)/b18-9+. The summed E-state index contributed by atoms with van der Waals surface area (Å²) >= 11 is 18.2. The zero-order chi connectivity index (χ0) is 27.8. The zero-order valence-electron chi connectivity index (χ0n) is 19.6. The topological polar surface area (TPSA) is 119 Å². The van der Waals surface area contributed by atoms with E-state index in [0.717, 1.165) is 4.90 Å². The lowest BCUT2D eigenvalue weighted by Crippen LogP contribution is -2.54. The number of carbonyl (C=O) groups excluding carboxylic acids is 3. The average molecular weight is 596 g/mol. The van der Waals surface area contributed by atoms with Gasteiger partial charge in [0.15, 0.2) is 5.75 Å². The van der Waals surface area contributed by atoms with Crippen LogP contribution >= 0.6 is 34.8 Å². The second kappa shape index (κ2) is 10.7. The van der Waals surface area contributed by atoms with Crippen LogP contribution in [0, 0.1) is 6.92 Å². The molecule has 0 saturated carbocycles. The monoisotopic (exact) mass is 594 g/mol. The molecule has 196 valence electrons. The number of hydrogen-bond donors (Lipinski definition) is 1. The minimum atomic E-state index is -4.31. The van der Waals surface area contributed by atoms with E-state index >= 15 is 0 Å². The fraction of sp³-hybridized carbons (Fsp3) is 0.0800. The number of halogens is 3. The molecule has 0 bridgehead atoms. The molecule has 1 aliphatic rings. The third-order valence-corrected chi connectivity index (χ3v) is 7.38. The predicted molar refractivity (Wildman–Crippen MR) is 142 cm³/mol. The first-order chi connectivity index (χ1) is 17.9. The highest BCUT2D eigenvalue weighted by Crippen LogP contribution is 2.39. The van der Waals surface area contributed by atoms with Gasteiger partial charge >= 0.3 is 16.1 Å². The summed E-state index contributed by atoms with van der Waals surface area (Å²) in [6, 6.07) is 11.6. The van der Waals surface area contributed by atoms with Gasteiger partial charge in [0.25, 0.3) is 11.8 Å². The summed E-state index contributed by atoms with van der Waals surface area (Å²) in [7, 11) is -3.05. The molecule has 1 saturated heterocycles. The molecule has 0 atom stereocenters. The smallest absolute Gasteiger partial charge is 0.339 e. The van der Waals surface area contributed by atoms with Gasteiger partial charge in [0, 0.05) is 10.0 Å². The lowest BCUT2D eigenvalue weighted by atomic mass is 10.1. The highest BCUT2D eigenvalue weighted by Gasteiger charge is 2.37. The summed E-state index contributed by atoms with van der Waals surface area (Å²) in [4.78, 5) is 39.0. The number of barbiturate groups is 1. The first-order valence-electron chi connectivity index (χ1n) is 10.7. The van der Waals surface area contributed by atoms with Crippen LogP contribution in [0.25, 0.3) is 6.08 Å². The Morgan fingerprint density at radius 2 is 1.58 bits per heavy atom. The van der Waals surface area contributed by atoms with E-state index in [4.69, 9.17) is 43.7 Å². The van der Waals surface area contributed by atoms with Crippen LogP contribution in [0.4, 0.5) is 10.5 Å². The molecule has 9 nitrogen and oxygen atoms in total. The SMILES string of the molecule is COc1cc(/C=C2\C(=O)NC(=O)N(c3cc(Cl)ccc3C)C2=O)cc(Cl)c1OS(=O)(=O)c1ccc(Cl)cc1. The van der Waals surface area contributed by atoms with E-state index in [2.05, 4.69) is 5.32 Å². The molecular weight excluding hydrogens is 579 g/mol. The van der Waals surface area contributed by atoms with E-state index in [-0.39, 0.29) is 43.3 Å². The third-order valence-electron chi connectivity index (χ3n) is 5.37. The average Bonchev–Trinajstić information content (AvgIpc) is 2.85. The Morgan fingerprint density at radius 3 is 2.24 bits per heavy atom. The van der Waals surface area contributed by atoms with Gasteiger partial charge in [-0.25, -0.2) is 9.69 Å². The quantitative estimate of drug-likeness (QED) is 0.230. The van der Waals surface area contributed by atoms with E-state index < -0.39 is 28.0 Å². The Morgan fingerprint density at radius 1 is 0.921 bits per heavy atom. The van der Waals surface area contributed by atoms with Gasteiger partial charge in [-0.15, -0.1) is 0 Å². The van der Waals surface area contributed by atoms with Gasteiger partial charge in [-0.1, -0.05) is 40.9 Å². The summed E-state index contributed by atoms with van der Waals surface area (Å²) in [6.45, 7) is 1.67. The van der Waals surface area contributed by atoms with Crippen molar-refractivity contribution >= 4 is 74.5 Å². The summed E-state index contributed by atoms with van der Waals surface area (Å²) in [6.07, 6.45) is 1.18. The van der Waals surface area contributed by atoms with Gasteiger partial charge in [-0.2, -0.15) is 8.42 Å². The molecule has 4 rings (SSSR count). The predicted octanol–water partition coefficient (Wildman–Crippen LogP) is 5.40. The van der Waals surface area contributed by atoms with Gasteiger partial charge in [0.1, 0.15) is 10.5 Å². The van der Waals surface area contributed by atoms with Crippen molar-refractivity contribution < 1.29 is 31.7 Å². The van der Waals surface area contributed by atoms with Gasteiger partial charge < -0.3 is 8.92 Å². The maximum atomic E-state index is 13.2. The normalized spacial score (nSPS) is 15.0. The molecule has 1 heterocycles. The van der Waals surface area contributed by atoms with Crippen LogP contribution in [0.2, 0.25) is 15.1 Å². The number of anilines is 1. The molecule has 0 aliphatic carbocycles. The van der Waals surface area contributed by atoms with Crippen molar-refractivity contribution in [1.82, 2.24) is 5.32 Å². The fourth-order valence-electron chi connectivity index (χ4n) is 3.53. The van der Waals surface area contributed by atoms with E-state index in [9.17, 15) is 22.8 Å². The third kappa shape index (κ3) is 5.48. The molecule has 38 heavy (non-hydrogen) atoms. The Bertz CT molecular complexity index is 1620. The molecule has 1 aliphatic heterocycles. The second-order valence-electron chi connectivity index (χ2n) is 7.91. The molecule has 0 spiro atoms. The van der Waals surface area contributed by atoms with Crippen LogP contribution in [0.1, 0.15) is 11.1 Å². The van der Waals surface area contributed by atoms with Crippen molar-refractivity contribution in [1.29, 1.82) is 0 Å². The number of nitrogens with zero attached hydrogens (tertiary/aromatic N) is 1. The number of rotatable bonds is 6. The molecule has 0 unspecified atom stereocenters. The lowest BCUT2D eigenvalue weighted by molar-refractivity contribution is -0.122.